The Balaban J connectivity index is 1.56. The molecule has 0 saturated carbocycles. The van der Waals surface area contributed by atoms with Crippen molar-refractivity contribution < 1.29 is 22.7 Å². The van der Waals surface area contributed by atoms with Gasteiger partial charge in [-0.1, -0.05) is 42.5 Å². The molecule has 2 unspecified atom stereocenters. The molecule has 0 N–H and O–H groups in total. The van der Waals surface area contributed by atoms with Crippen molar-refractivity contribution in [2.45, 2.75) is 0 Å². The molecular formula is C24H18O5P2. The first kappa shape index (κ1) is 18.7. The number of benzene rings is 4. The van der Waals surface area contributed by atoms with Crippen LogP contribution in [0.3, 0.4) is 0 Å². The highest BCUT2D eigenvalue weighted by Crippen LogP contribution is 2.56. The number of hydrogen-bond donors (Lipinski definition) is 0. The highest BCUT2D eigenvalue weighted by molar-refractivity contribution is 7.67. The van der Waals surface area contributed by atoms with Crippen LogP contribution >= 0.6 is 15.0 Å². The highest BCUT2D eigenvalue weighted by atomic mass is 31.2. The van der Waals surface area contributed by atoms with E-state index in [1.165, 1.54) is 6.66 Å². The van der Waals surface area contributed by atoms with Crippen molar-refractivity contribution >= 4 is 31.0 Å². The van der Waals surface area contributed by atoms with E-state index in [0.717, 1.165) is 33.0 Å². The minimum atomic E-state index is -3.23. The molecule has 0 spiro atoms. The van der Waals surface area contributed by atoms with Crippen molar-refractivity contribution in [1.82, 2.24) is 0 Å². The number of hydrogen-bond acceptors (Lipinski definition) is 5. The van der Waals surface area contributed by atoms with Crippen molar-refractivity contribution in [2.24, 2.45) is 0 Å². The van der Waals surface area contributed by atoms with Gasteiger partial charge >= 0.3 is 7.60 Å². The first-order valence-electron chi connectivity index (χ1n) is 9.86. The Kier molecular flexibility index (Phi) is 3.78. The van der Waals surface area contributed by atoms with E-state index in [-0.39, 0.29) is 0 Å². The average molecular weight is 448 g/mol. The van der Waals surface area contributed by atoms with Crippen LogP contribution in [0.15, 0.2) is 72.8 Å². The topological polar surface area (TPSA) is 61.8 Å². The third kappa shape index (κ3) is 2.92. The smallest absolute Gasteiger partial charge is 0.427 e. The standard InChI is InChI=1S/C24H18O5P2/c1-30(25)23-14-15(10-11-19(23)18-7-3-4-8-20(18)27-30)17-12-16-6-5-9-21-24(16)22(13-17)29-31(2,26)28-21/h3-14H,1-2H3. The zero-order chi connectivity index (χ0) is 21.4. The summed E-state index contributed by atoms with van der Waals surface area (Å²) in [6.45, 7) is 3.11. The van der Waals surface area contributed by atoms with Gasteiger partial charge in [0.25, 0.3) is 7.37 Å². The maximum Gasteiger partial charge on any atom is 0.427 e. The van der Waals surface area contributed by atoms with Crippen molar-refractivity contribution in [1.29, 1.82) is 0 Å². The molecule has 6 rings (SSSR count). The second-order valence-corrected chi connectivity index (χ2v) is 12.2. The van der Waals surface area contributed by atoms with Gasteiger partial charge in [0.05, 0.1) is 17.4 Å². The monoisotopic (exact) mass is 448 g/mol. The average Bonchev–Trinajstić information content (AvgIpc) is 2.72. The molecule has 2 heterocycles. The van der Waals surface area contributed by atoms with Crippen molar-refractivity contribution in [3.8, 4) is 39.5 Å². The predicted octanol–water partition coefficient (Wildman–Crippen LogP) is 6.69. The molecule has 0 amide bonds. The van der Waals surface area contributed by atoms with E-state index in [2.05, 4.69) is 0 Å². The van der Waals surface area contributed by atoms with Gasteiger partial charge in [-0.15, -0.1) is 0 Å². The van der Waals surface area contributed by atoms with E-state index < -0.39 is 15.0 Å². The third-order valence-electron chi connectivity index (χ3n) is 5.65. The molecule has 31 heavy (non-hydrogen) atoms. The van der Waals surface area contributed by atoms with Crippen LogP contribution in [0.1, 0.15) is 0 Å². The summed E-state index contributed by atoms with van der Waals surface area (Å²) < 4.78 is 43.1. The molecule has 0 fully saturated rings. The fraction of sp³-hybridized carbons (Fsp3) is 0.0833. The first-order valence-corrected chi connectivity index (χ1v) is 13.9. The van der Waals surface area contributed by atoms with Gasteiger partial charge in [0.15, 0.2) is 0 Å². The van der Waals surface area contributed by atoms with Gasteiger partial charge in [-0.2, -0.15) is 0 Å². The van der Waals surface area contributed by atoms with Gasteiger partial charge in [0.1, 0.15) is 17.2 Å². The van der Waals surface area contributed by atoms with Crippen LogP contribution in [0.25, 0.3) is 33.0 Å². The molecule has 154 valence electrons. The SMILES string of the molecule is CP1(=O)Oc2cccc3cc(-c4ccc5c(c4)P(C)(=O)Oc4ccccc4-5)cc(c23)O1. The highest BCUT2D eigenvalue weighted by Gasteiger charge is 2.33. The van der Waals surface area contributed by atoms with Crippen LogP contribution in [0.2, 0.25) is 0 Å². The van der Waals surface area contributed by atoms with Gasteiger partial charge in [-0.3, -0.25) is 4.57 Å². The van der Waals surface area contributed by atoms with Crippen LogP contribution in [-0.4, -0.2) is 13.3 Å². The number of para-hydroxylation sites is 1. The maximum atomic E-state index is 13.4. The lowest BCUT2D eigenvalue weighted by Gasteiger charge is -2.27. The largest absolute Gasteiger partial charge is 0.439 e. The Labute approximate surface area is 179 Å². The Hall–Kier alpha value is -3.00. The number of rotatable bonds is 1. The molecule has 2 aliphatic heterocycles. The van der Waals surface area contributed by atoms with Crippen molar-refractivity contribution in [2.75, 3.05) is 13.3 Å². The number of fused-ring (bicyclic) bond motifs is 3. The Morgan fingerprint density at radius 2 is 1.42 bits per heavy atom. The minimum Gasteiger partial charge on any atom is -0.439 e. The van der Waals surface area contributed by atoms with Crippen LogP contribution in [0.5, 0.6) is 17.2 Å². The van der Waals surface area contributed by atoms with E-state index in [9.17, 15) is 9.13 Å². The Morgan fingerprint density at radius 3 is 2.29 bits per heavy atom. The molecule has 0 bridgehead atoms. The van der Waals surface area contributed by atoms with Crippen LogP contribution in [-0.2, 0) is 9.13 Å². The summed E-state index contributed by atoms with van der Waals surface area (Å²) in [7, 11) is -6.27. The lowest BCUT2D eigenvalue weighted by Crippen LogP contribution is -2.17. The molecule has 0 radical (unpaired) electrons. The minimum absolute atomic E-state index is 0.527. The molecular weight excluding hydrogens is 430 g/mol. The maximum absolute atomic E-state index is 13.4. The molecule has 4 aromatic carbocycles. The van der Waals surface area contributed by atoms with E-state index >= 15 is 0 Å². The fourth-order valence-corrected chi connectivity index (χ4v) is 7.01. The predicted molar refractivity (Wildman–Crippen MR) is 123 cm³/mol. The van der Waals surface area contributed by atoms with E-state index in [1.807, 2.05) is 66.7 Å². The summed E-state index contributed by atoms with van der Waals surface area (Å²) in [6, 6.07) is 23.1. The van der Waals surface area contributed by atoms with E-state index in [0.29, 0.717) is 22.6 Å². The normalized spacial score (nSPS) is 23.2. The van der Waals surface area contributed by atoms with Gasteiger partial charge in [0.2, 0.25) is 0 Å². The molecule has 5 nitrogen and oxygen atoms in total. The quantitative estimate of drug-likeness (QED) is 0.304. The summed E-state index contributed by atoms with van der Waals surface area (Å²) in [6.07, 6.45) is 0. The summed E-state index contributed by atoms with van der Waals surface area (Å²) in [5.74, 6) is 1.73. The molecule has 4 aromatic rings. The Bertz CT molecular complexity index is 1510. The van der Waals surface area contributed by atoms with Gasteiger partial charge in [-0.25, -0.2) is 4.57 Å². The first-order chi connectivity index (χ1) is 14.8. The third-order valence-corrected chi connectivity index (χ3v) is 8.50. The molecule has 0 aromatic heterocycles. The summed E-state index contributed by atoms with van der Waals surface area (Å²) >= 11 is 0. The lowest BCUT2D eigenvalue weighted by molar-refractivity contribution is 0.386. The summed E-state index contributed by atoms with van der Waals surface area (Å²) in [4.78, 5) is 0. The molecule has 2 aliphatic rings. The van der Waals surface area contributed by atoms with Crippen molar-refractivity contribution in [3.63, 3.8) is 0 Å². The van der Waals surface area contributed by atoms with Crippen LogP contribution < -0.4 is 18.9 Å². The molecule has 0 saturated heterocycles. The Morgan fingerprint density at radius 1 is 0.645 bits per heavy atom. The van der Waals surface area contributed by atoms with Gasteiger partial charge in [-0.05, 0) is 52.4 Å². The molecule has 2 atom stereocenters. The zero-order valence-electron chi connectivity index (χ0n) is 16.9. The summed E-state index contributed by atoms with van der Waals surface area (Å²) in [5, 5.41) is 2.41. The lowest BCUT2D eigenvalue weighted by atomic mass is 9.97. The zero-order valence-corrected chi connectivity index (χ0v) is 18.7. The van der Waals surface area contributed by atoms with Crippen LogP contribution in [0.4, 0.5) is 0 Å². The van der Waals surface area contributed by atoms with Crippen LogP contribution in [0, 0.1) is 0 Å². The van der Waals surface area contributed by atoms with Crippen molar-refractivity contribution in [3.05, 3.63) is 72.8 Å². The fourth-order valence-electron chi connectivity index (χ4n) is 4.33. The second kappa shape index (κ2) is 6.26. The molecule has 7 heteroatoms. The van der Waals surface area contributed by atoms with E-state index in [4.69, 9.17) is 13.6 Å². The summed E-state index contributed by atoms with van der Waals surface area (Å²) in [5.41, 5.74) is 3.61. The van der Waals surface area contributed by atoms with Gasteiger partial charge < -0.3 is 13.6 Å². The molecule has 0 aliphatic carbocycles. The van der Waals surface area contributed by atoms with E-state index in [1.54, 1.807) is 12.7 Å². The second-order valence-electron chi connectivity index (χ2n) is 7.95. The van der Waals surface area contributed by atoms with Gasteiger partial charge in [0, 0.05) is 12.2 Å².